The van der Waals surface area contributed by atoms with Crippen LogP contribution in [0.2, 0.25) is 0 Å². The van der Waals surface area contributed by atoms with Gasteiger partial charge in [-0.15, -0.1) is 5.10 Å². The van der Waals surface area contributed by atoms with Crippen LogP contribution in [0, 0.1) is 0 Å². The van der Waals surface area contributed by atoms with Gasteiger partial charge in [-0.05, 0) is 25.1 Å². The van der Waals surface area contributed by atoms with Crippen molar-refractivity contribution in [2.45, 2.75) is 13.0 Å². The van der Waals surface area contributed by atoms with Crippen LogP contribution in [0.25, 0.3) is 11.3 Å². The smallest absolute Gasteiger partial charge is 0.113 e. The summed E-state index contributed by atoms with van der Waals surface area (Å²) in [5.41, 5.74) is 8.63. The maximum absolute atomic E-state index is 5.47. The minimum Gasteiger partial charge on any atom is -0.378 e. The zero-order valence-corrected chi connectivity index (χ0v) is 10.9. The van der Waals surface area contributed by atoms with Crippen molar-refractivity contribution >= 4 is 5.69 Å². The molecule has 5 heteroatoms. The third-order valence-corrected chi connectivity index (χ3v) is 2.81. The van der Waals surface area contributed by atoms with Gasteiger partial charge in [0.1, 0.15) is 5.69 Å². The Bertz CT molecular complexity index is 486. The first kappa shape index (κ1) is 12.6. The van der Waals surface area contributed by atoms with Crippen LogP contribution in [0.1, 0.15) is 6.42 Å². The Morgan fingerprint density at radius 3 is 2.56 bits per heavy atom. The third-order valence-electron chi connectivity index (χ3n) is 2.81. The summed E-state index contributed by atoms with van der Waals surface area (Å²) in [6.45, 7) is 1.49. The molecule has 5 nitrogen and oxygen atoms in total. The minimum absolute atomic E-state index is 0.673. The Labute approximate surface area is 107 Å². The highest BCUT2D eigenvalue weighted by Crippen LogP contribution is 2.20. The van der Waals surface area contributed by atoms with Gasteiger partial charge in [-0.1, -0.05) is 17.3 Å². The van der Waals surface area contributed by atoms with Crippen LogP contribution in [-0.4, -0.2) is 35.6 Å². The summed E-state index contributed by atoms with van der Waals surface area (Å²) in [5.74, 6) is 0. The Morgan fingerprint density at radius 1 is 1.22 bits per heavy atom. The summed E-state index contributed by atoms with van der Waals surface area (Å²) in [4.78, 5) is 2.07. The first-order chi connectivity index (χ1) is 8.70. The summed E-state index contributed by atoms with van der Waals surface area (Å²) in [6, 6.07) is 8.28. The van der Waals surface area contributed by atoms with E-state index in [9.17, 15) is 0 Å². The van der Waals surface area contributed by atoms with Crippen LogP contribution in [0.3, 0.4) is 0 Å². The largest absolute Gasteiger partial charge is 0.378 e. The number of anilines is 1. The quantitative estimate of drug-likeness (QED) is 0.864. The lowest BCUT2D eigenvalue weighted by molar-refractivity contribution is 0.564. The molecule has 0 bridgehead atoms. The summed E-state index contributed by atoms with van der Waals surface area (Å²) >= 11 is 0. The van der Waals surface area contributed by atoms with Crippen molar-refractivity contribution in [2.24, 2.45) is 5.73 Å². The van der Waals surface area contributed by atoms with E-state index in [4.69, 9.17) is 5.73 Å². The Hall–Kier alpha value is -1.88. The van der Waals surface area contributed by atoms with Crippen LogP contribution >= 0.6 is 0 Å². The lowest BCUT2D eigenvalue weighted by Crippen LogP contribution is -2.07. The van der Waals surface area contributed by atoms with E-state index < -0.39 is 0 Å². The molecule has 1 heterocycles. The third kappa shape index (κ3) is 2.87. The highest BCUT2D eigenvalue weighted by Gasteiger charge is 2.04. The standard InChI is InChI=1S/C13H19N5/c1-17(2)12-6-4-11(5-7-12)13-10-18(16-15-13)9-3-8-14/h4-7,10H,3,8-9,14H2,1-2H3. The molecule has 0 aliphatic carbocycles. The first-order valence-electron chi connectivity index (χ1n) is 6.08. The molecule has 0 aliphatic heterocycles. The monoisotopic (exact) mass is 245 g/mol. The highest BCUT2D eigenvalue weighted by atomic mass is 15.4. The second-order valence-electron chi connectivity index (χ2n) is 4.45. The van der Waals surface area contributed by atoms with Crippen molar-refractivity contribution < 1.29 is 0 Å². The van der Waals surface area contributed by atoms with Crippen molar-refractivity contribution in [3.05, 3.63) is 30.5 Å². The molecule has 0 spiro atoms. The lowest BCUT2D eigenvalue weighted by Gasteiger charge is -2.11. The first-order valence-corrected chi connectivity index (χ1v) is 6.08. The number of hydrogen-bond acceptors (Lipinski definition) is 4. The fourth-order valence-electron chi connectivity index (χ4n) is 1.72. The van der Waals surface area contributed by atoms with Crippen molar-refractivity contribution in [3.8, 4) is 11.3 Å². The normalized spacial score (nSPS) is 10.6. The molecule has 0 saturated heterocycles. The molecule has 0 amide bonds. The average Bonchev–Trinajstić information content (AvgIpc) is 2.85. The van der Waals surface area contributed by atoms with E-state index in [0.29, 0.717) is 6.54 Å². The van der Waals surface area contributed by atoms with Crippen molar-refractivity contribution in [3.63, 3.8) is 0 Å². The molecule has 2 N–H and O–H groups in total. The van der Waals surface area contributed by atoms with Gasteiger partial charge in [0.25, 0.3) is 0 Å². The number of hydrogen-bond donors (Lipinski definition) is 1. The Balaban J connectivity index is 2.13. The van der Waals surface area contributed by atoms with Crippen molar-refractivity contribution in [1.82, 2.24) is 15.0 Å². The number of rotatable bonds is 5. The van der Waals surface area contributed by atoms with E-state index in [1.165, 1.54) is 5.69 Å². The summed E-state index contributed by atoms with van der Waals surface area (Å²) in [5, 5.41) is 8.26. The zero-order valence-electron chi connectivity index (χ0n) is 10.9. The SMILES string of the molecule is CN(C)c1ccc(-c2cn(CCCN)nn2)cc1. The fraction of sp³-hybridized carbons (Fsp3) is 0.385. The van der Waals surface area contributed by atoms with Gasteiger partial charge in [0.15, 0.2) is 0 Å². The molecule has 96 valence electrons. The summed E-state index contributed by atoms with van der Waals surface area (Å²) < 4.78 is 1.84. The predicted octanol–water partition coefficient (Wildman–Crippen LogP) is 1.36. The number of aromatic nitrogens is 3. The Kier molecular flexibility index (Phi) is 3.94. The van der Waals surface area contributed by atoms with Gasteiger partial charge in [0.2, 0.25) is 0 Å². The van der Waals surface area contributed by atoms with Crippen molar-refractivity contribution in [1.29, 1.82) is 0 Å². The number of benzene rings is 1. The van der Waals surface area contributed by atoms with Gasteiger partial charge in [0, 0.05) is 31.9 Å². The highest BCUT2D eigenvalue weighted by molar-refractivity contribution is 5.61. The number of aryl methyl sites for hydroxylation is 1. The molecular weight excluding hydrogens is 226 g/mol. The molecule has 0 unspecified atom stereocenters. The molecule has 2 rings (SSSR count). The minimum atomic E-state index is 0.673. The average molecular weight is 245 g/mol. The van der Waals surface area contributed by atoms with Gasteiger partial charge >= 0.3 is 0 Å². The molecule has 0 fully saturated rings. The molecule has 0 saturated carbocycles. The van der Waals surface area contributed by atoms with E-state index in [0.717, 1.165) is 24.2 Å². The maximum Gasteiger partial charge on any atom is 0.113 e. The second kappa shape index (κ2) is 5.64. The van der Waals surface area contributed by atoms with E-state index in [1.807, 2.05) is 25.0 Å². The Morgan fingerprint density at radius 2 is 1.94 bits per heavy atom. The molecule has 0 atom stereocenters. The topological polar surface area (TPSA) is 60.0 Å². The molecule has 0 aliphatic rings. The lowest BCUT2D eigenvalue weighted by atomic mass is 10.1. The van der Waals surface area contributed by atoms with Crippen LogP contribution < -0.4 is 10.6 Å². The van der Waals surface area contributed by atoms with E-state index in [1.54, 1.807) is 0 Å². The molecule has 2 aromatic rings. The number of nitrogens with zero attached hydrogens (tertiary/aromatic N) is 4. The van der Waals surface area contributed by atoms with Crippen molar-refractivity contribution in [2.75, 3.05) is 25.5 Å². The molecule has 1 aromatic carbocycles. The van der Waals surface area contributed by atoms with Crippen LogP contribution in [0.15, 0.2) is 30.5 Å². The molecule has 0 radical (unpaired) electrons. The van der Waals surface area contributed by atoms with Gasteiger partial charge in [-0.2, -0.15) is 0 Å². The maximum atomic E-state index is 5.47. The van der Waals surface area contributed by atoms with Gasteiger partial charge in [-0.25, -0.2) is 0 Å². The van der Waals surface area contributed by atoms with E-state index >= 15 is 0 Å². The predicted molar refractivity (Wildman–Crippen MR) is 73.5 cm³/mol. The second-order valence-corrected chi connectivity index (χ2v) is 4.45. The van der Waals surface area contributed by atoms with E-state index in [2.05, 4.69) is 39.5 Å². The summed E-state index contributed by atoms with van der Waals surface area (Å²) in [6.07, 6.45) is 2.88. The van der Waals surface area contributed by atoms with Crippen LogP contribution in [0.4, 0.5) is 5.69 Å². The van der Waals surface area contributed by atoms with Crippen LogP contribution in [0.5, 0.6) is 0 Å². The zero-order chi connectivity index (χ0) is 13.0. The molecule has 18 heavy (non-hydrogen) atoms. The van der Waals surface area contributed by atoms with Gasteiger partial charge in [-0.3, -0.25) is 4.68 Å². The van der Waals surface area contributed by atoms with Gasteiger partial charge < -0.3 is 10.6 Å². The fourth-order valence-corrected chi connectivity index (χ4v) is 1.72. The summed E-state index contributed by atoms with van der Waals surface area (Å²) in [7, 11) is 4.05. The van der Waals surface area contributed by atoms with Gasteiger partial charge in [0.05, 0.1) is 6.20 Å². The van der Waals surface area contributed by atoms with Crippen LogP contribution in [-0.2, 0) is 6.54 Å². The molecular formula is C13H19N5. The van der Waals surface area contributed by atoms with E-state index in [-0.39, 0.29) is 0 Å². The molecule has 1 aromatic heterocycles. The number of nitrogens with two attached hydrogens (primary N) is 1.